The van der Waals surface area contributed by atoms with Crippen LogP contribution in [-0.4, -0.2) is 59.4 Å². The molecule has 1 fully saturated rings. The summed E-state index contributed by atoms with van der Waals surface area (Å²) in [6.07, 6.45) is 3.87. The summed E-state index contributed by atoms with van der Waals surface area (Å²) < 4.78 is 18.5. The van der Waals surface area contributed by atoms with Crippen LogP contribution in [0.2, 0.25) is 0 Å². The Balaban J connectivity index is 1.53. The molecule has 0 radical (unpaired) electrons. The first-order valence-electron chi connectivity index (χ1n) is 8.49. The summed E-state index contributed by atoms with van der Waals surface area (Å²) >= 11 is 0. The first kappa shape index (κ1) is 17.8. The highest BCUT2D eigenvalue weighted by Gasteiger charge is 2.23. The summed E-state index contributed by atoms with van der Waals surface area (Å²) in [4.78, 5) is 32.2. The van der Waals surface area contributed by atoms with Crippen LogP contribution in [0.25, 0.3) is 0 Å². The number of aromatic nitrogens is 1. The first-order valence-corrected chi connectivity index (χ1v) is 8.49. The number of carbonyl (C=O) groups excluding carboxylic acids is 2. The Bertz CT molecular complexity index is 770. The third-order valence-corrected chi connectivity index (χ3v) is 4.22. The highest BCUT2D eigenvalue weighted by molar-refractivity contribution is 5.94. The van der Waals surface area contributed by atoms with Crippen LogP contribution in [0.1, 0.15) is 16.8 Å². The minimum absolute atomic E-state index is 0.0577. The maximum absolute atomic E-state index is 13.1. The summed E-state index contributed by atoms with van der Waals surface area (Å²) in [5, 5.41) is 0. The fourth-order valence-electron chi connectivity index (χ4n) is 2.84. The summed E-state index contributed by atoms with van der Waals surface area (Å²) in [5.41, 5.74) is 0.592. The predicted octanol–water partition coefficient (Wildman–Crippen LogP) is 1.97. The Kier molecular flexibility index (Phi) is 5.78. The van der Waals surface area contributed by atoms with E-state index in [1.165, 1.54) is 18.2 Å². The van der Waals surface area contributed by atoms with E-state index in [0.717, 1.165) is 0 Å². The summed E-state index contributed by atoms with van der Waals surface area (Å²) in [5.74, 6) is -0.317. The number of ether oxygens (including phenoxy) is 1. The summed E-state index contributed by atoms with van der Waals surface area (Å²) in [6, 6.07) is 9.06. The quantitative estimate of drug-likeness (QED) is 0.839. The molecule has 0 unspecified atom stereocenters. The van der Waals surface area contributed by atoms with E-state index >= 15 is 0 Å². The molecule has 1 aliphatic rings. The third kappa shape index (κ3) is 4.56. The molecule has 0 bridgehead atoms. The van der Waals surface area contributed by atoms with Crippen LogP contribution in [0.3, 0.4) is 0 Å². The Morgan fingerprint density at radius 2 is 1.77 bits per heavy atom. The number of rotatable bonds is 4. The monoisotopic (exact) mass is 357 g/mol. The molecule has 0 aliphatic carbocycles. The van der Waals surface area contributed by atoms with Crippen molar-refractivity contribution < 1.29 is 18.7 Å². The van der Waals surface area contributed by atoms with Crippen LogP contribution >= 0.6 is 0 Å². The van der Waals surface area contributed by atoms with E-state index in [0.29, 0.717) is 43.9 Å². The van der Waals surface area contributed by atoms with Crippen molar-refractivity contribution in [2.24, 2.45) is 0 Å². The minimum Gasteiger partial charge on any atom is -0.484 e. The standard InChI is InChI=1S/C19H20FN3O3/c20-16-3-1-4-17(13-16)26-14-18(24)22-9-2-10-23(12-11-22)19(25)15-5-7-21-8-6-15/h1,3-8,13H,2,9-12,14H2. The molecule has 0 atom stereocenters. The molecule has 7 heteroatoms. The van der Waals surface area contributed by atoms with Gasteiger partial charge >= 0.3 is 0 Å². The molecule has 26 heavy (non-hydrogen) atoms. The molecule has 1 aromatic heterocycles. The van der Waals surface area contributed by atoms with Crippen molar-refractivity contribution in [1.29, 1.82) is 0 Å². The topological polar surface area (TPSA) is 62.7 Å². The molecular weight excluding hydrogens is 337 g/mol. The van der Waals surface area contributed by atoms with Crippen molar-refractivity contribution in [3.63, 3.8) is 0 Å². The maximum atomic E-state index is 13.1. The van der Waals surface area contributed by atoms with Gasteiger partial charge in [-0.05, 0) is 30.7 Å². The SMILES string of the molecule is O=C(COc1cccc(F)c1)N1CCCN(C(=O)c2ccncc2)CC1. The number of carbonyl (C=O) groups is 2. The second kappa shape index (κ2) is 8.42. The van der Waals surface area contributed by atoms with Gasteiger partial charge in [-0.1, -0.05) is 6.07 Å². The molecule has 1 aromatic carbocycles. The zero-order valence-electron chi connectivity index (χ0n) is 14.3. The molecule has 3 rings (SSSR count). The Hall–Kier alpha value is -2.96. The fraction of sp³-hybridized carbons (Fsp3) is 0.316. The summed E-state index contributed by atoms with van der Waals surface area (Å²) in [7, 11) is 0. The maximum Gasteiger partial charge on any atom is 0.260 e. The van der Waals surface area contributed by atoms with Gasteiger partial charge in [-0.25, -0.2) is 4.39 Å². The number of amides is 2. The molecule has 2 amide bonds. The molecule has 1 aliphatic heterocycles. The Morgan fingerprint density at radius 1 is 1.04 bits per heavy atom. The number of pyridine rings is 1. The molecule has 6 nitrogen and oxygen atoms in total. The van der Waals surface area contributed by atoms with Crippen molar-refractivity contribution >= 4 is 11.8 Å². The lowest BCUT2D eigenvalue weighted by Crippen LogP contribution is -2.39. The van der Waals surface area contributed by atoms with Gasteiger partial charge in [0.05, 0.1) is 0 Å². The molecule has 0 spiro atoms. The second-order valence-corrected chi connectivity index (χ2v) is 6.01. The van der Waals surface area contributed by atoms with E-state index in [2.05, 4.69) is 4.98 Å². The van der Waals surface area contributed by atoms with Gasteiger partial charge in [-0.15, -0.1) is 0 Å². The number of hydrogen-bond donors (Lipinski definition) is 0. The molecule has 0 saturated carbocycles. The Labute approximate surface area is 151 Å². The zero-order valence-corrected chi connectivity index (χ0v) is 14.3. The van der Waals surface area contributed by atoms with Crippen molar-refractivity contribution in [2.75, 3.05) is 32.8 Å². The van der Waals surface area contributed by atoms with E-state index in [1.54, 1.807) is 40.4 Å². The molecule has 0 N–H and O–H groups in total. The van der Waals surface area contributed by atoms with Gasteiger partial charge in [0.2, 0.25) is 0 Å². The van der Waals surface area contributed by atoms with Crippen LogP contribution in [-0.2, 0) is 4.79 Å². The van der Waals surface area contributed by atoms with Crippen LogP contribution in [0.4, 0.5) is 4.39 Å². The highest BCUT2D eigenvalue weighted by Crippen LogP contribution is 2.13. The van der Waals surface area contributed by atoms with Crippen molar-refractivity contribution in [1.82, 2.24) is 14.8 Å². The third-order valence-electron chi connectivity index (χ3n) is 4.22. The van der Waals surface area contributed by atoms with Crippen LogP contribution < -0.4 is 4.74 Å². The molecule has 2 aromatic rings. The van der Waals surface area contributed by atoms with Gasteiger partial charge in [0.1, 0.15) is 11.6 Å². The van der Waals surface area contributed by atoms with Gasteiger partial charge in [-0.2, -0.15) is 0 Å². The van der Waals surface area contributed by atoms with E-state index < -0.39 is 5.82 Å². The van der Waals surface area contributed by atoms with Gasteiger partial charge in [0, 0.05) is 50.2 Å². The fourth-order valence-corrected chi connectivity index (χ4v) is 2.84. The smallest absolute Gasteiger partial charge is 0.260 e. The van der Waals surface area contributed by atoms with Gasteiger partial charge in [0.25, 0.3) is 11.8 Å². The van der Waals surface area contributed by atoms with E-state index in [4.69, 9.17) is 4.74 Å². The number of hydrogen-bond acceptors (Lipinski definition) is 4. The lowest BCUT2D eigenvalue weighted by atomic mass is 10.2. The zero-order chi connectivity index (χ0) is 18.4. The van der Waals surface area contributed by atoms with E-state index in [-0.39, 0.29) is 18.4 Å². The minimum atomic E-state index is -0.407. The number of nitrogens with zero attached hydrogens (tertiary/aromatic N) is 3. The highest BCUT2D eigenvalue weighted by atomic mass is 19.1. The van der Waals surface area contributed by atoms with Gasteiger partial charge in [-0.3, -0.25) is 14.6 Å². The average Bonchev–Trinajstić information content (AvgIpc) is 2.92. The average molecular weight is 357 g/mol. The van der Waals surface area contributed by atoms with Crippen molar-refractivity contribution in [3.8, 4) is 5.75 Å². The number of halogens is 1. The van der Waals surface area contributed by atoms with Crippen molar-refractivity contribution in [3.05, 3.63) is 60.2 Å². The van der Waals surface area contributed by atoms with Crippen LogP contribution in [0.15, 0.2) is 48.8 Å². The Morgan fingerprint density at radius 3 is 2.54 bits per heavy atom. The summed E-state index contributed by atoms with van der Waals surface area (Å²) in [6.45, 7) is 1.91. The normalized spacial score (nSPS) is 14.7. The second-order valence-electron chi connectivity index (χ2n) is 6.01. The molecule has 2 heterocycles. The molecule has 1 saturated heterocycles. The van der Waals surface area contributed by atoms with Crippen LogP contribution in [0.5, 0.6) is 5.75 Å². The van der Waals surface area contributed by atoms with E-state index in [1.807, 2.05) is 0 Å². The lowest BCUT2D eigenvalue weighted by Gasteiger charge is -2.22. The molecule has 136 valence electrons. The first-order chi connectivity index (χ1) is 12.6. The largest absolute Gasteiger partial charge is 0.484 e. The van der Waals surface area contributed by atoms with Crippen molar-refractivity contribution in [2.45, 2.75) is 6.42 Å². The van der Waals surface area contributed by atoms with E-state index in [9.17, 15) is 14.0 Å². The predicted molar refractivity (Wildman–Crippen MR) is 93.2 cm³/mol. The lowest BCUT2D eigenvalue weighted by molar-refractivity contribution is -0.133. The number of benzene rings is 1. The van der Waals surface area contributed by atoms with Gasteiger partial charge < -0.3 is 14.5 Å². The van der Waals surface area contributed by atoms with Crippen LogP contribution in [0, 0.1) is 5.82 Å². The molecular formula is C19H20FN3O3. The van der Waals surface area contributed by atoms with Gasteiger partial charge in [0.15, 0.2) is 6.61 Å².